The molecule has 102 heavy (non-hydrogen) atoms. The first-order valence-electron chi connectivity index (χ1n) is 42.7. The molecule has 0 spiro atoms. The van der Waals surface area contributed by atoms with Gasteiger partial charge in [0.05, 0.1) is 26.4 Å². The van der Waals surface area contributed by atoms with E-state index in [0.29, 0.717) is 31.6 Å². The lowest BCUT2D eigenvalue weighted by atomic mass is 10.0. The summed E-state index contributed by atoms with van der Waals surface area (Å²) < 4.78 is 68.7. The summed E-state index contributed by atoms with van der Waals surface area (Å²) in [6.45, 7) is 14.2. The van der Waals surface area contributed by atoms with Crippen LogP contribution < -0.4 is 0 Å². The number of aliphatic hydroxyl groups is 1. The van der Waals surface area contributed by atoms with Crippen molar-refractivity contribution in [2.75, 3.05) is 39.6 Å². The molecule has 0 radical (unpaired) electrons. The van der Waals surface area contributed by atoms with Crippen molar-refractivity contribution >= 4 is 39.5 Å². The standard InChI is InChI=1S/C83H162O17P2/c1-73(2)59-51-43-35-29-23-17-13-11-9-10-12-14-20-27-33-39-49-57-65-83(88)100-79(70-94-81(86)64-56-48-42-41-46-54-62-76(7)8)72-98-102(91,92)96-68-77(84)67-95-101(89,90)97-71-78(99-82(87)66-58-50-40-34-28-22-16-19-25-31-37-45-53-61-75(5)6)69-93-80(85)63-55-47-38-32-26-21-15-18-24-30-36-44-52-60-74(3)4/h73-79,84H,9-72H2,1-8H3,(H,89,90)(H,91,92)/t77?,78-,79-/m1/s1. The van der Waals surface area contributed by atoms with Crippen LogP contribution in [-0.2, 0) is 65.4 Å². The molecule has 0 bridgehead atoms. The first-order chi connectivity index (χ1) is 49.1. The SMILES string of the molecule is CC(C)CCCCCCCCCCCCCCCCCCCCC(=O)O[C@H](COC(=O)CCCCCCCCC(C)C)COP(=O)(O)OCC(O)COP(=O)(O)OC[C@@H](COC(=O)CCCCCCCCCCCCCCCC(C)C)OC(=O)CCCCCCCCCCCCCCCC(C)C. The molecule has 0 fully saturated rings. The summed E-state index contributed by atoms with van der Waals surface area (Å²) in [7, 11) is -9.92. The zero-order chi connectivity index (χ0) is 75.3. The Morgan fingerprint density at radius 3 is 0.608 bits per heavy atom. The molecule has 0 heterocycles. The number of aliphatic hydroxyl groups excluding tert-OH is 1. The molecule has 0 saturated carbocycles. The van der Waals surface area contributed by atoms with Gasteiger partial charge in [0.2, 0.25) is 0 Å². The molecule has 0 rings (SSSR count). The molecule has 0 aliphatic carbocycles. The Hall–Kier alpha value is -1.94. The lowest BCUT2D eigenvalue weighted by molar-refractivity contribution is -0.161. The van der Waals surface area contributed by atoms with Gasteiger partial charge in [0, 0.05) is 25.7 Å². The van der Waals surface area contributed by atoms with Gasteiger partial charge in [-0.15, -0.1) is 0 Å². The van der Waals surface area contributed by atoms with E-state index in [9.17, 15) is 43.2 Å². The van der Waals surface area contributed by atoms with E-state index in [1.165, 1.54) is 225 Å². The zero-order valence-corrected chi connectivity index (χ0v) is 69.0. The highest BCUT2D eigenvalue weighted by atomic mass is 31.2. The minimum atomic E-state index is -4.96. The Balaban J connectivity index is 5.19. The van der Waals surface area contributed by atoms with Gasteiger partial charge in [-0.3, -0.25) is 37.3 Å². The van der Waals surface area contributed by atoms with Crippen molar-refractivity contribution in [3.05, 3.63) is 0 Å². The maximum absolute atomic E-state index is 13.1. The average molecular weight is 1490 g/mol. The van der Waals surface area contributed by atoms with E-state index in [1.807, 2.05) is 0 Å². The van der Waals surface area contributed by atoms with Gasteiger partial charge in [0.15, 0.2) is 12.2 Å². The van der Waals surface area contributed by atoms with Crippen LogP contribution in [0.1, 0.15) is 428 Å². The highest BCUT2D eigenvalue weighted by molar-refractivity contribution is 7.47. The van der Waals surface area contributed by atoms with Gasteiger partial charge in [-0.2, -0.15) is 0 Å². The fourth-order valence-electron chi connectivity index (χ4n) is 12.8. The van der Waals surface area contributed by atoms with E-state index >= 15 is 0 Å². The second-order valence-corrected chi connectivity index (χ2v) is 34.7. The lowest BCUT2D eigenvalue weighted by Crippen LogP contribution is -2.30. The molecule has 17 nitrogen and oxygen atoms in total. The smallest absolute Gasteiger partial charge is 0.462 e. The molecule has 3 unspecified atom stereocenters. The summed E-state index contributed by atoms with van der Waals surface area (Å²) in [5.74, 6) is 0.964. The molecule has 0 amide bonds. The number of hydrogen-bond donors (Lipinski definition) is 3. The van der Waals surface area contributed by atoms with Crippen LogP contribution in [0.5, 0.6) is 0 Å². The van der Waals surface area contributed by atoms with E-state index < -0.39 is 97.5 Å². The number of hydrogen-bond acceptors (Lipinski definition) is 15. The molecule has 0 aromatic carbocycles. The molecule has 5 atom stereocenters. The van der Waals surface area contributed by atoms with Gasteiger partial charge in [-0.25, -0.2) is 9.13 Å². The van der Waals surface area contributed by atoms with Crippen LogP contribution in [0, 0.1) is 23.7 Å². The van der Waals surface area contributed by atoms with Gasteiger partial charge < -0.3 is 33.8 Å². The highest BCUT2D eigenvalue weighted by Crippen LogP contribution is 2.45. The van der Waals surface area contributed by atoms with Crippen LogP contribution in [0.2, 0.25) is 0 Å². The molecule has 19 heteroatoms. The number of esters is 4. The van der Waals surface area contributed by atoms with Gasteiger partial charge in [-0.1, -0.05) is 376 Å². The quantitative estimate of drug-likeness (QED) is 0.0222. The monoisotopic (exact) mass is 1490 g/mol. The Bertz CT molecular complexity index is 1990. The van der Waals surface area contributed by atoms with Crippen LogP contribution in [0.4, 0.5) is 0 Å². The number of carbonyl (C=O) groups is 4. The van der Waals surface area contributed by atoms with Crippen molar-refractivity contribution < 1.29 is 80.2 Å². The number of phosphoric acid groups is 2. The number of ether oxygens (including phenoxy) is 4. The second-order valence-electron chi connectivity index (χ2n) is 31.8. The van der Waals surface area contributed by atoms with Gasteiger partial charge in [0.1, 0.15) is 19.3 Å². The first kappa shape index (κ1) is 100. The largest absolute Gasteiger partial charge is 0.472 e. The van der Waals surface area contributed by atoms with Crippen molar-refractivity contribution in [3.63, 3.8) is 0 Å². The summed E-state index contributed by atoms with van der Waals surface area (Å²) in [6, 6.07) is 0. The zero-order valence-electron chi connectivity index (χ0n) is 67.2. The molecule has 0 aromatic heterocycles. The maximum atomic E-state index is 13.1. The van der Waals surface area contributed by atoms with E-state index in [4.69, 9.17) is 37.0 Å². The van der Waals surface area contributed by atoms with Crippen LogP contribution in [-0.4, -0.2) is 96.7 Å². The third-order valence-corrected chi connectivity index (χ3v) is 21.2. The topological polar surface area (TPSA) is 237 Å². The minimum absolute atomic E-state index is 0.107. The Labute approximate surface area is 626 Å². The normalized spacial score (nSPS) is 14.0. The van der Waals surface area contributed by atoms with E-state index in [1.54, 1.807) is 0 Å². The van der Waals surface area contributed by atoms with Crippen molar-refractivity contribution in [2.24, 2.45) is 23.7 Å². The third kappa shape index (κ3) is 76.3. The maximum Gasteiger partial charge on any atom is 0.472 e. The number of unbranched alkanes of at least 4 members (excludes halogenated alkanes) is 46. The summed E-state index contributed by atoms with van der Waals surface area (Å²) >= 11 is 0. The lowest BCUT2D eigenvalue weighted by Gasteiger charge is -2.21. The molecule has 0 aliphatic rings. The Kier molecular flexibility index (Phi) is 70.6. The molecule has 606 valence electrons. The summed E-state index contributed by atoms with van der Waals surface area (Å²) in [4.78, 5) is 73.1. The van der Waals surface area contributed by atoms with Gasteiger partial charge in [0.25, 0.3) is 0 Å². The number of phosphoric ester groups is 2. The van der Waals surface area contributed by atoms with Crippen LogP contribution in [0.15, 0.2) is 0 Å². The van der Waals surface area contributed by atoms with E-state index in [0.717, 1.165) is 114 Å². The van der Waals surface area contributed by atoms with Crippen LogP contribution in [0.3, 0.4) is 0 Å². The van der Waals surface area contributed by atoms with Crippen LogP contribution >= 0.6 is 15.6 Å². The fraction of sp³-hybridized carbons (Fsp3) is 0.952. The predicted molar refractivity (Wildman–Crippen MR) is 418 cm³/mol. The molecule has 0 aromatic rings. The number of carbonyl (C=O) groups excluding carboxylic acids is 4. The first-order valence-corrected chi connectivity index (χ1v) is 45.7. The predicted octanol–water partition coefficient (Wildman–Crippen LogP) is 24.8. The van der Waals surface area contributed by atoms with Gasteiger partial charge >= 0.3 is 39.5 Å². The molecule has 0 aliphatic heterocycles. The average Bonchev–Trinajstić information content (AvgIpc) is 0.915. The molecule has 3 N–H and O–H groups in total. The molecule has 0 saturated heterocycles. The summed E-state index contributed by atoms with van der Waals surface area (Å²) in [6.07, 6.45) is 59.9. The van der Waals surface area contributed by atoms with Crippen molar-refractivity contribution in [3.8, 4) is 0 Å². The third-order valence-electron chi connectivity index (χ3n) is 19.3. The second kappa shape index (κ2) is 72.0. The Morgan fingerprint density at radius 1 is 0.245 bits per heavy atom. The number of rotatable bonds is 80. The van der Waals surface area contributed by atoms with E-state index in [-0.39, 0.29) is 25.7 Å². The van der Waals surface area contributed by atoms with Crippen LogP contribution in [0.25, 0.3) is 0 Å². The van der Waals surface area contributed by atoms with E-state index in [2.05, 4.69) is 55.4 Å². The summed E-state index contributed by atoms with van der Waals surface area (Å²) in [5, 5.41) is 10.6. The van der Waals surface area contributed by atoms with Crippen molar-refractivity contribution in [1.82, 2.24) is 0 Å². The molecular formula is C83H162O17P2. The van der Waals surface area contributed by atoms with Crippen molar-refractivity contribution in [1.29, 1.82) is 0 Å². The fourth-order valence-corrected chi connectivity index (χ4v) is 14.4. The Morgan fingerprint density at radius 2 is 0.412 bits per heavy atom. The molecular weight excluding hydrogens is 1330 g/mol. The summed E-state index contributed by atoms with van der Waals surface area (Å²) in [5.41, 5.74) is 0. The minimum Gasteiger partial charge on any atom is -0.462 e. The van der Waals surface area contributed by atoms with Gasteiger partial charge in [-0.05, 0) is 49.4 Å². The van der Waals surface area contributed by atoms with Crippen molar-refractivity contribution in [2.45, 2.75) is 446 Å². The highest BCUT2D eigenvalue weighted by Gasteiger charge is 2.30.